The number of ether oxygens (including phenoxy) is 1. The Hall–Kier alpha value is -1.51. The summed E-state index contributed by atoms with van der Waals surface area (Å²) in [5, 5.41) is 3.35. The molecule has 0 spiro atoms. The number of carbonyl (C=O) groups excluding carboxylic acids is 1. The molecule has 27 heavy (non-hydrogen) atoms. The fourth-order valence-electron chi connectivity index (χ4n) is 3.47. The number of aliphatic imine (C=N–C) groups is 1. The van der Waals surface area contributed by atoms with Crippen LogP contribution in [0.25, 0.3) is 0 Å². The fraction of sp³-hybridized carbons (Fsp3) is 0.600. The average Bonchev–Trinajstić information content (AvgIpc) is 2.56. The van der Waals surface area contributed by atoms with E-state index in [0.717, 1.165) is 44.2 Å². The Morgan fingerprint density at radius 2 is 2.04 bits per heavy atom. The second-order valence-corrected chi connectivity index (χ2v) is 7.03. The number of rotatable bonds is 7. The lowest BCUT2D eigenvalue weighted by atomic mass is 9.95. The zero-order chi connectivity index (χ0) is 18.9. The largest absolute Gasteiger partial charge is 0.492 e. The number of aryl methyl sites for hydroxylation is 2. The minimum absolute atomic E-state index is 0. The Kier molecular flexibility index (Phi) is 10.5. The number of hydrogen-bond donors (Lipinski definition) is 2. The summed E-state index contributed by atoms with van der Waals surface area (Å²) in [6.07, 6.45) is 2.56. The van der Waals surface area contributed by atoms with Gasteiger partial charge in [-0.2, -0.15) is 0 Å². The molecule has 1 aliphatic heterocycles. The molecule has 7 heteroatoms. The summed E-state index contributed by atoms with van der Waals surface area (Å²) in [5.41, 5.74) is 7.76. The fourth-order valence-corrected chi connectivity index (χ4v) is 3.47. The monoisotopic (exact) mass is 488 g/mol. The minimum Gasteiger partial charge on any atom is -0.492 e. The Morgan fingerprint density at radius 1 is 1.33 bits per heavy atom. The van der Waals surface area contributed by atoms with Gasteiger partial charge in [0, 0.05) is 26.1 Å². The molecule has 1 atom stereocenters. The van der Waals surface area contributed by atoms with Crippen molar-refractivity contribution in [2.45, 2.75) is 40.0 Å². The number of nitrogens with one attached hydrogen (secondary N) is 1. The molecular weight excluding hydrogens is 455 g/mol. The van der Waals surface area contributed by atoms with E-state index in [0.29, 0.717) is 25.5 Å². The maximum atomic E-state index is 11.2. The molecule has 0 saturated carbocycles. The Balaban J connectivity index is 0.00000364. The van der Waals surface area contributed by atoms with Crippen molar-refractivity contribution >= 4 is 35.8 Å². The van der Waals surface area contributed by atoms with Gasteiger partial charge in [0.2, 0.25) is 5.91 Å². The number of likely N-dealkylation sites (tertiary alicyclic amines) is 1. The van der Waals surface area contributed by atoms with Gasteiger partial charge >= 0.3 is 0 Å². The molecule has 1 saturated heterocycles. The molecular formula is C20H33IN4O2. The van der Waals surface area contributed by atoms with Crippen LogP contribution in [0.1, 0.15) is 37.3 Å². The van der Waals surface area contributed by atoms with Crippen LogP contribution in [-0.4, -0.2) is 49.6 Å². The third-order valence-electron chi connectivity index (χ3n) is 4.46. The maximum Gasteiger partial charge on any atom is 0.217 e. The van der Waals surface area contributed by atoms with Crippen LogP contribution in [0.4, 0.5) is 0 Å². The second kappa shape index (κ2) is 12.0. The summed E-state index contributed by atoms with van der Waals surface area (Å²) in [5.74, 6) is 1.88. The Bertz CT molecular complexity index is 616. The molecule has 2 rings (SSSR count). The second-order valence-electron chi connectivity index (χ2n) is 7.03. The predicted octanol–water partition coefficient (Wildman–Crippen LogP) is 2.85. The highest BCUT2D eigenvalue weighted by Gasteiger charge is 2.23. The van der Waals surface area contributed by atoms with E-state index in [1.807, 2.05) is 12.1 Å². The first-order chi connectivity index (χ1) is 12.5. The molecule has 1 amide bonds. The summed E-state index contributed by atoms with van der Waals surface area (Å²) in [7, 11) is 0. The van der Waals surface area contributed by atoms with Crippen LogP contribution in [0.5, 0.6) is 5.75 Å². The summed E-state index contributed by atoms with van der Waals surface area (Å²) in [6, 6.07) is 6.22. The van der Waals surface area contributed by atoms with Crippen molar-refractivity contribution in [1.82, 2.24) is 10.2 Å². The van der Waals surface area contributed by atoms with E-state index in [2.05, 4.69) is 37.1 Å². The van der Waals surface area contributed by atoms with Gasteiger partial charge in [0.1, 0.15) is 12.4 Å². The number of primary amides is 1. The van der Waals surface area contributed by atoms with Crippen LogP contribution < -0.4 is 15.8 Å². The van der Waals surface area contributed by atoms with Gasteiger partial charge in [0.25, 0.3) is 0 Å². The van der Waals surface area contributed by atoms with E-state index in [4.69, 9.17) is 15.5 Å². The molecule has 0 aromatic heterocycles. The molecule has 1 heterocycles. The summed E-state index contributed by atoms with van der Waals surface area (Å²) < 4.78 is 5.84. The third kappa shape index (κ3) is 8.36. The lowest BCUT2D eigenvalue weighted by Crippen LogP contribution is -2.47. The van der Waals surface area contributed by atoms with Crippen molar-refractivity contribution in [1.29, 1.82) is 0 Å². The highest BCUT2D eigenvalue weighted by Crippen LogP contribution is 2.19. The number of guanidine groups is 1. The molecule has 1 aromatic carbocycles. The maximum absolute atomic E-state index is 11.2. The van der Waals surface area contributed by atoms with Crippen molar-refractivity contribution in [3.8, 4) is 5.75 Å². The van der Waals surface area contributed by atoms with E-state index < -0.39 is 0 Å². The van der Waals surface area contributed by atoms with Crippen LogP contribution >= 0.6 is 24.0 Å². The van der Waals surface area contributed by atoms with Gasteiger partial charge < -0.3 is 20.7 Å². The molecule has 1 unspecified atom stereocenters. The van der Waals surface area contributed by atoms with Crippen LogP contribution in [0, 0.1) is 19.8 Å². The number of nitrogens with two attached hydrogens (primary N) is 1. The van der Waals surface area contributed by atoms with Crippen molar-refractivity contribution in [3.63, 3.8) is 0 Å². The molecule has 1 aromatic rings. The normalized spacial score (nSPS) is 17.2. The van der Waals surface area contributed by atoms with Crippen molar-refractivity contribution in [2.24, 2.45) is 16.6 Å². The minimum atomic E-state index is -0.222. The quantitative estimate of drug-likeness (QED) is 0.268. The van der Waals surface area contributed by atoms with E-state index >= 15 is 0 Å². The molecule has 152 valence electrons. The van der Waals surface area contributed by atoms with Crippen molar-refractivity contribution < 1.29 is 9.53 Å². The zero-order valence-corrected chi connectivity index (χ0v) is 19.0. The molecule has 1 fully saturated rings. The first-order valence-electron chi connectivity index (χ1n) is 9.50. The highest BCUT2D eigenvalue weighted by molar-refractivity contribution is 14.0. The van der Waals surface area contributed by atoms with E-state index in [1.54, 1.807) is 0 Å². The summed E-state index contributed by atoms with van der Waals surface area (Å²) in [6.45, 7) is 9.93. The van der Waals surface area contributed by atoms with Gasteiger partial charge in [-0.1, -0.05) is 6.07 Å². The van der Waals surface area contributed by atoms with Crippen LogP contribution in [-0.2, 0) is 4.79 Å². The molecule has 0 bridgehead atoms. The van der Waals surface area contributed by atoms with Crippen molar-refractivity contribution in [2.75, 3.05) is 32.8 Å². The Morgan fingerprint density at radius 3 is 2.67 bits per heavy atom. The van der Waals surface area contributed by atoms with Gasteiger partial charge in [0.05, 0.1) is 6.54 Å². The van der Waals surface area contributed by atoms with Crippen LogP contribution in [0.2, 0.25) is 0 Å². The number of benzene rings is 1. The topological polar surface area (TPSA) is 80.0 Å². The summed E-state index contributed by atoms with van der Waals surface area (Å²) in [4.78, 5) is 18.1. The molecule has 1 aliphatic rings. The van der Waals surface area contributed by atoms with Gasteiger partial charge in [-0.3, -0.25) is 4.79 Å². The third-order valence-corrected chi connectivity index (χ3v) is 4.46. The number of carbonyl (C=O) groups is 1. The first kappa shape index (κ1) is 23.5. The van der Waals surface area contributed by atoms with E-state index in [1.165, 1.54) is 11.1 Å². The lowest BCUT2D eigenvalue weighted by Gasteiger charge is -2.34. The van der Waals surface area contributed by atoms with Crippen molar-refractivity contribution in [3.05, 3.63) is 29.3 Å². The molecule has 0 aliphatic carbocycles. The number of halogens is 1. The van der Waals surface area contributed by atoms with Crippen LogP contribution in [0.15, 0.2) is 23.2 Å². The Labute approximate surface area is 179 Å². The number of piperidine rings is 1. The van der Waals surface area contributed by atoms with Gasteiger partial charge in [0.15, 0.2) is 5.96 Å². The van der Waals surface area contributed by atoms with Gasteiger partial charge in [-0.05, 0) is 62.8 Å². The molecule has 3 N–H and O–H groups in total. The van der Waals surface area contributed by atoms with Gasteiger partial charge in [-0.25, -0.2) is 4.99 Å². The zero-order valence-electron chi connectivity index (χ0n) is 16.7. The summed E-state index contributed by atoms with van der Waals surface area (Å²) >= 11 is 0. The standard InChI is InChI=1S/C20H32N4O2.HI/c1-4-22-20(24-8-5-6-17(14-24)13-19(21)25)23-7-9-26-18-11-15(2)10-16(3)12-18;/h10-12,17H,4-9,13-14H2,1-3H3,(H2,21,25)(H,22,23);1H. The number of nitrogens with zero attached hydrogens (tertiary/aromatic N) is 2. The lowest BCUT2D eigenvalue weighted by molar-refractivity contribution is -0.119. The number of amides is 1. The first-order valence-corrected chi connectivity index (χ1v) is 9.50. The smallest absolute Gasteiger partial charge is 0.217 e. The number of hydrogen-bond acceptors (Lipinski definition) is 3. The van der Waals surface area contributed by atoms with E-state index in [9.17, 15) is 4.79 Å². The SMILES string of the molecule is CCNC(=NCCOc1cc(C)cc(C)c1)N1CCCC(CC(N)=O)C1.I. The predicted molar refractivity (Wildman–Crippen MR) is 121 cm³/mol. The van der Waals surface area contributed by atoms with E-state index in [-0.39, 0.29) is 29.9 Å². The molecule has 6 nitrogen and oxygen atoms in total. The highest BCUT2D eigenvalue weighted by atomic mass is 127. The van der Waals surface area contributed by atoms with Crippen LogP contribution in [0.3, 0.4) is 0 Å². The molecule has 0 radical (unpaired) electrons. The van der Waals surface area contributed by atoms with Gasteiger partial charge in [-0.15, -0.1) is 24.0 Å². The average molecular weight is 488 g/mol.